The van der Waals surface area contributed by atoms with Crippen molar-refractivity contribution in [1.29, 1.82) is 0 Å². The van der Waals surface area contributed by atoms with Gasteiger partial charge in [0.05, 0.1) is 43.3 Å². The highest BCUT2D eigenvalue weighted by Crippen LogP contribution is 2.39. The molecule has 1 aliphatic rings. The molecule has 3 rings (SSSR count). The fourth-order valence-electron chi connectivity index (χ4n) is 3.61. The molecule has 0 spiro atoms. The molecule has 12 heteroatoms. The smallest absolute Gasteiger partial charge is 0.264 e. The summed E-state index contributed by atoms with van der Waals surface area (Å²) in [4.78, 5) is 46.9. The lowest BCUT2D eigenvalue weighted by Gasteiger charge is -2.26. The summed E-state index contributed by atoms with van der Waals surface area (Å²) >= 11 is 0. The Hall–Kier alpha value is -3.98. The van der Waals surface area contributed by atoms with Crippen LogP contribution in [-0.2, 0) is 14.6 Å². The first-order chi connectivity index (χ1) is 16.0. The fourth-order valence-corrected chi connectivity index (χ4v) is 4.50. The van der Waals surface area contributed by atoms with Crippen molar-refractivity contribution in [2.24, 2.45) is 0 Å². The van der Waals surface area contributed by atoms with Crippen LogP contribution in [0.1, 0.15) is 46.3 Å². The highest BCUT2D eigenvalue weighted by molar-refractivity contribution is 7.90. The number of hydrogen-bond donors (Lipinski definition) is 1. The zero-order chi connectivity index (χ0) is 25.2. The number of nitrogens with zero attached hydrogens (tertiary/aromatic N) is 3. The number of fused-ring (bicyclic) bond motifs is 1. The lowest BCUT2D eigenvalue weighted by atomic mass is 10.1. The van der Waals surface area contributed by atoms with E-state index in [0.717, 1.165) is 11.2 Å². The van der Waals surface area contributed by atoms with Gasteiger partial charge in [0.2, 0.25) is 5.91 Å². The van der Waals surface area contributed by atoms with Gasteiger partial charge in [-0.15, -0.1) is 0 Å². The molecule has 1 aromatic carbocycles. The second-order valence-corrected chi connectivity index (χ2v) is 9.66. The molecule has 0 saturated carbocycles. The van der Waals surface area contributed by atoms with E-state index < -0.39 is 39.4 Å². The number of methoxy groups -OCH3 is 1. The summed E-state index contributed by atoms with van der Waals surface area (Å²) < 4.78 is 35.2. The van der Waals surface area contributed by atoms with Gasteiger partial charge in [0.1, 0.15) is 9.84 Å². The first kappa shape index (κ1) is 24.7. The van der Waals surface area contributed by atoms with Crippen LogP contribution in [-0.4, -0.2) is 61.7 Å². The lowest BCUT2D eigenvalue weighted by molar-refractivity contribution is -0.114. The molecule has 0 saturated heterocycles. The molecule has 1 aromatic heterocycles. The minimum Gasteiger partial charge on any atom is -0.491 e. The van der Waals surface area contributed by atoms with Crippen LogP contribution in [0, 0.1) is 6.57 Å². The van der Waals surface area contributed by atoms with Crippen molar-refractivity contribution in [2.75, 3.05) is 31.0 Å². The second-order valence-electron chi connectivity index (χ2n) is 7.47. The van der Waals surface area contributed by atoms with Crippen molar-refractivity contribution in [2.45, 2.75) is 19.9 Å². The van der Waals surface area contributed by atoms with Gasteiger partial charge in [0, 0.05) is 24.4 Å². The molecule has 3 amide bonds. The molecule has 34 heavy (non-hydrogen) atoms. The van der Waals surface area contributed by atoms with E-state index in [9.17, 15) is 22.8 Å². The number of rotatable bonds is 8. The molecule has 0 radical (unpaired) electrons. The SMILES string of the molecule is [C-]#[N+]c1cc(NC(C)=O)c2c(c1)C(=O)N([C@@H](CS(C)(=O)=O)c1ccc(OC)c(OCC)n1)C2=O. The third-order valence-corrected chi connectivity index (χ3v) is 5.83. The van der Waals surface area contributed by atoms with Gasteiger partial charge in [0.25, 0.3) is 17.7 Å². The first-order valence-electron chi connectivity index (χ1n) is 10.1. The zero-order valence-electron chi connectivity index (χ0n) is 18.9. The Morgan fingerprint density at radius 3 is 2.53 bits per heavy atom. The number of carbonyl (C=O) groups excluding carboxylic acids is 3. The third-order valence-electron chi connectivity index (χ3n) is 4.91. The van der Waals surface area contributed by atoms with E-state index in [-0.39, 0.29) is 40.7 Å². The Bertz CT molecular complexity index is 1330. The normalized spacial score (nSPS) is 13.8. The maximum absolute atomic E-state index is 13.4. The van der Waals surface area contributed by atoms with Crippen molar-refractivity contribution in [3.63, 3.8) is 0 Å². The molecular formula is C22H22N4O7S. The van der Waals surface area contributed by atoms with Crippen molar-refractivity contribution in [1.82, 2.24) is 9.88 Å². The van der Waals surface area contributed by atoms with Crippen LogP contribution in [0.15, 0.2) is 24.3 Å². The molecule has 0 aliphatic carbocycles. The van der Waals surface area contributed by atoms with Crippen LogP contribution >= 0.6 is 0 Å². The maximum atomic E-state index is 13.4. The van der Waals surface area contributed by atoms with Gasteiger partial charge in [-0.1, -0.05) is 0 Å². The average molecular weight is 487 g/mol. The van der Waals surface area contributed by atoms with Gasteiger partial charge in [-0.25, -0.2) is 18.2 Å². The molecule has 0 bridgehead atoms. The predicted molar refractivity (Wildman–Crippen MR) is 122 cm³/mol. The summed E-state index contributed by atoms with van der Waals surface area (Å²) in [5, 5.41) is 2.47. The lowest BCUT2D eigenvalue weighted by Crippen LogP contribution is -2.38. The number of carbonyl (C=O) groups is 3. The summed E-state index contributed by atoms with van der Waals surface area (Å²) in [6, 6.07) is 4.17. The van der Waals surface area contributed by atoms with Crippen LogP contribution in [0.5, 0.6) is 11.6 Å². The summed E-state index contributed by atoms with van der Waals surface area (Å²) in [7, 11) is -2.29. The largest absolute Gasteiger partial charge is 0.491 e. The molecule has 2 aromatic rings. The monoisotopic (exact) mass is 486 g/mol. The zero-order valence-corrected chi connectivity index (χ0v) is 19.7. The van der Waals surface area contributed by atoms with Crippen LogP contribution < -0.4 is 14.8 Å². The van der Waals surface area contributed by atoms with E-state index >= 15 is 0 Å². The molecule has 2 heterocycles. The van der Waals surface area contributed by atoms with Gasteiger partial charge in [-0.2, -0.15) is 0 Å². The molecule has 0 unspecified atom stereocenters. The van der Waals surface area contributed by atoms with Gasteiger partial charge in [0.15, 0.2) is 11.4 Å². The van der Waals surface area contributed by atoms with Gasteiger partial charge in [-0.05, 0) is 31.2 Å². The van der Waals surface area contributed by atoms with Crippen LogP contribution in [0.2, 0.25) is 0 Å². The summed E-state index contributed by atoms with van der Waals surface area (Å²) in [5.74, 6) is -2.36. The number of imide groups is 1. The summed E-state index contributed by atoms with van der Waals surface area (Å²) in [6.45, 7) is 10.5. The van der Waals surface area contributed by atoms with Crippen LogP contribution in [0.4, 0.5) is 11.4 Å². The molecule has 11 nitrogen and oxygen atoms in total. The number of benzene rings is 1. The molecular weight excluding hydrogens is 464 g/mol. The Kier molecular flexibility index (Phi) is 6.88. The van der Waals surface area contributed by atoms with E-state index in [1.807, 2.05) is 0 Å². The standard InChI is InChI=1S/C22H22N4O7S/c1-6-33-20-18(32-4)8-7-15(25-20)17(11-34(5,30)31)26-21(28)14-9-13(23-3)10-16(24-12(2)27)19(14)22(26)29/h7-10,17H,6,11H2,1-2,4-5H3,(H,24,27)/t17-/m0/s1. The number of pyridine rings is 1. The van der Waals surface area contributed by atoms with Crippen LogP contribution in [0.3, 0.4) is 0 Å². The Labute approximate surface area is 196 Å². The molecule has 1 atom stereocenters. The fraction of sp³-hybridized carbons (Fsp3) is 0.318. The molecule has 1 N–H and O–H groups in total. The van der Waals surface area contributed by atoms with Crippen molar-refractivity contribution in [3.05, 3.63) is 52.5 Å². The quantitative estimate of drug-likeness (QED) is 0.444. The highest BCUT2D eigenvalue weighted by Gasteiger charge is 2.44. The Balaban J connectivity index is 2.19. The highest BCUT2D eigenvalue weighted by atomic mass is 32.2. The van der Waals surface area contributed by atoms with E-state index in [1.165, 1.54) is 38.3 Å². The predicted octanol–water partition coefficient (Wildman–Crippen LogP) is 2.38. The second kappa shape index (κ2) is 9.48. The molecule has 178 valence electrons. The van der Waals surface area contributed by atoms with Gasteiger partial charge < -0.3 is 14.8 Å². The summed E-state index contributed by atoms with van der Waals surface area (Å²) in [6.07, 6.45) is 0.977. The van der Waals surface area contributed by atoms with E-state index in [2.05, 4.69) is 15.1 Å². The van der Waals surface area contributed by atoms with Crippen molar-refractivity contribution in [3.8, 4) is 11.6 Å². The first-order valence-corrected chi connectivity index (χ1v) is 12.1. The number of anilines is 1. The van der Waals surface area contributed by atoms with Gasteiger partial charge in [-0.3, -0.25) is 19.3 Å². The van der Waals surface area contributed by atoms with Crippen molar-refractivity contribution >= 4 is 38.9 Å². The summed E-state index contributed by atoms with van der Waals surface area (Å²) in [5.41, 5.74) is -0.112. The molecule has 0 fully saturated rings. The van der Waals surface area contributed by atoms with E-state index in [1.54, 1.807) is 6.92 Å². The average Bonchev–Trinajstić information content (AvgIpc) is 3.01. The number of aromatic nitrogens is 1. The minimum absolute atomic E-state index is 0.00680. The number of ether oxygens (including phenoxy) is 2. The van der Waals surface area contributed by atoms with E-state index in [0.29, 0.717) is 5.75 Å². The Morgan fingerprint density at radius 2 is 1.97 bits per heavy atom. The number of nitrogens with one attached hydrogen (secondary N) is 1. The topological polar surface area (TPSA) is 136 Å². The molecule has 1 aliphatic heterocycles. The van der Waals surface area contributed by atoms with E-state index in [4.69, 9.17) is 16.0 Å². The Morgan fingerprint density at radius 1 is 1.26 bits per heavy atom. The number of sulfone groups is 1. The third kappa shape index (κ3) is 4.84. The number of amides is 3. The maximum Gasteiger partial charge on any atom is 0.264 e. The van der Waals surface area contributed by atoms with Crippen molar-refractivity contribution < 1.29 is 32.3 Å². The minimum atomic E-state index is -3.70. The number of hydrogen-bond acceptors (Lipinski definition) is 8. The van der Waals surface area contributed by atoms with Crippen LogP contribution in [0.25, 0.3) is 4.85 Å². The van der Waals surface area contributed by atoms with Gasteiger partial charge >= 0.3 is 0 Å².